The minimum absolute atomic E-state index is 0.0420. The molecule has 26 heavy (non-hydrogen) atoms. The molecule has 1 saturated heterocycles. The van der Waals surface area contributed by atoms with Crippen molar-refractivity contribution in [3.63, 3.8) is 0 Å². The number of amides is 1. The van der Waals surface area contributed by atoms with Gasteiger partial charge in [0.05, 0.1) is 5.69 Å². The molecule has 7 heteroatoms. The van der Waals surface area contributed by atoms with Gasteiger partial charge in [-0.15, -0.1) is 0 Å². The number of benzene rings is 1. The maximum absolute atomic E-state index is 13.4. The van der Waals surface area contributed by atoms with Crippen LogP contribution < -0.4 is 4.90 Å². The smallest absolute Gasteiger partial charge is 0.231 e. The van der Waals surface area contributed by atoms with Crippen molar-refractivity contribution in [2.75, 3.05) is 11.4 Å². The number of hydrogen-bond donors (Lipinski definition) is 1. The SMILES string of the molecule is O=C1[C@H](Cc2ccc(F)c(F)c2)CCN1c1cc(-c2ccncc2)n[nH]1. The Morgan fingerprint density at radius 1 is 1.12 bits per heavy atom. The van der Waals surface area contributed by atoms with Crippen LogP contribution in [0, 0.1) is 17.6 Å². The molecule has 1 atom stereocenters. The summed E-state index contributed by atoms with van der Waals surface area (Å²) >= 11 is 0. The first kappa shape index (κ1) is 16.4. The molecule has 0 saturated carbocycles. The zero-order valence-electron chi connectivity index (χ0n) is 13.8. The third-order valence-electron chi connectivity index (χ3n) is 4.61. The molecule has 0 unspecified atom stereocenters. The number of H-pyrrole nitrogens is 1. The highest BCUT2D eigenvalue weighted by Crippen LogP contribution is 2.29. The Labute approximate surface area is 148 Å². The molecule has 1 amide bonds. The summed E-state index contributed by atoms with van der Waals surface area (Å²) in [5.41, 5.74) is 2.26. The second-order valence-corrected chi connectivity index (χ2v) is 6.30. The van der Waals surface area contributed by atoms with Crippen LogP contribution >= 0.6 is 0 Å². The first-order valence-electron chi connectivity index (χ1n) is 8.33. The summed E-state index contributed by atoms with van der Waals surface area (Å²) in [7, 11) is 0. The molecule has 2 aromatic heterocycles. The summed E-state index contributed by atoms with van der Waals surface area (Å²) in [6.45, 7) is 0.561. The van der Waals surface area contributed by atoms with Crippen LogP contribution in [0.2, 0.25) is 0 Å². The number of hydrogen-bond acceptors (Lipinski definition) is 3. The number of nitrogens with one attached hydrogen (secondary N) is 1. The molecule has 0 spiro atoms. The second kappa shape index (κ2) is 6.67. The van der Waals surface area contributed by atoms with Crippen molar-refractivity contribution < 1.29 is 13.6 Å². The number of carbonyl (C=O) groups is 1. The molecule has 0 bridgehead atoms. The summed E-state index contributed by atoms with van der Waals surface area (Å²) < 4.78 is 26.4. The van der Waals surface area contributed by atoms with Crippen LogP contribution in [0.4, 0.5) is 14.6 Å². The zero-order chi connectivity index (χ0) is 18.1. The molecule has 4 rings (SSSR count). The average molecular weight is 354 g/mol. The van der Waals surface area contributed by atoms with Gasteiger partial charge in [0.15, 0.2) is 11.6 Å². The summed E-state index contributed by atoms with van der Waals surface area (Å²) in [5, 5.41) is 7.16. The van der Waals surface area contributed by atoms with E-state index in [4.69, 9.17) is 0 Å². The van der Waals surface area contributed by atoms with Gasteiger partial charge in [-0.1, -0.05) is 6.07 Å². The quantitative estimate of drug-likeness (QED) is 0.782. The normalized spacial score (nSPS) is 17.1. The van der Waals surface area contributed by atoms with Gasteiger partial charge in [-0.25, -0.2) is 8.78 Å². The van der Waals surface area contributed by atoms with Crippen LogP contribution in [0.25, 0.3) is 11.3 Å². The van der Waals surface area contributed by atoms with E-state index in [1.54, 1.807) is 17.3 Å². The van der Waals surface area contributed by atoms with E-state index < -0.39 is 11.6 Å². The average Bonchev–Trinajstić information content (AvgIpc) is 3.27. The molecule has 132 valence electrons. The molecule has 3 heterocycles. The lowest BCUT2D eigenvalue weighted by atomic mass is 9.98. The lowest BCUT2D eigenvalue weighted by Gasteiger charge is -2.14. The molecule has 0 radical (unpaired) electrons. The van der Waals surface area contributed by atoms with Crippen molar-refractivity contribution in [1.82, 2.24) is 15.2 Å². The van der Waals surface area contributed by atoms with Crippen LogP contribution in [0.15, 0.2) is 48.8 Å². The van der Waals surface area contributed by atoms with E-state index in [0.717, 1.165) is 23.4 Å². The molecule has 1 aliphatic rings. The number of anilines is 1. The molecule has 1 aromatic carbocycles. The molecule has 1 fully saturated rings. The van der Waals surface area contributed by atoms with Crippen molar-refractivity contribution in [3.8, 4) is 11.3 Å². The number of carbonyl (C=O) groups excluding carboxylic acids is 1. The fourth-order valence-electron chi connectivity index (χ4n) is 3.24. The van der Waals surface area contributed by atoms with Crippen molar-refractivity contribution in [3.05, 3.63) is 66.0 Å². The topological polar surface area (TPSA) is 61.9 Å². The van der Waals surface area contributed by atoms with Crippen LogP contribution in [0.3, 0.4) is 0 Å². The highest BCUT2D eigenvalue weighted by molar-refractivity contribution is 5.96. The Morgan fingerprint density at radius 3 is 2.69 bits per heavy atom. The van der Waals surface area contributed by atoms with Gasteiger partial charge in [-0.2, -0.15) is 5.10 Å². The van der Waals surface area contributed by atoms with E-state index in [1.165, 1.54) is 6.07 Å². The highest BCUT2D eigenvalue weighted by atomic mass is 19.2. The third kappa shape index (κ3) is 3.08. The summed E-state index contributed by atoms with van der Waals surface area (Å²) in [4.78, 5) is 18.3. The Bertz CT molecular complexity index is 942. The first-order valence-corrected chi connectivity index (χ1v) is 8.33. The standard InChI is InChI=1S/C19H16F2N4O/c20-15-2-1-12(10-16(15)21)9-14-5-8-25(19(14)26)18-11-17(23-24-18)13-3-6-22-7-4-13/h1-4,6-7,10-11,14H,5,8-9H2,(H,23,24)/t14-/m0/s1. The van der Waals surface area contributed by atoms with Crippen molar-refractivity contribution in [1.29, 1.82) is 0 Å². The molecule has 0 aliphatic carbocycles. The van der Waals surface area contributed by atoms with E-state index in [0.29, 0.717) is 30.8 Å². The Kier molecular flexibility index (Phi) is 4.20. The van der Waals surface area contributed by atoms with Crippen molar-refractivity contribution in [2.24, 2.45) is 5.92 Å². The lowest BCUT2D eigenvalue weighted by Crippen LogP contribution is -2.28. The van der Waals surface area contributed by atoms with Crippen LogP contribution in [0.5, 0.6) is 0 Å². The van der Waals surface area contributed by atoms with Gasteiger partial charge >= 0.3 is 0 Å². The van der Waals surface area contributed by atoms with E-state index in [1.807, 2.05) is 18.2 Å². The minimum Gasteiger partial charge on any atom is -0.297 e. The molecule has 3 aromatic rings. The minimum atomic E-state index is -0.889. The molecular weight excluding hydrogens is 338 g/mol. The van der Waals surface area contributed by atoms with Crippen LogP contribution in [-0.2, 0) is 11.2 Å². The number of halogens is 2. The fraction of sp³-hybridized carbons (Fsp3) is 0.211. The number of rotatable bonds is 4. The Balaban J connectivity index is 1.49. The van der Waals surface area contributed by atoms with Crippen molar-refractivity contribution >= 4 is 11.7 Å². The van der Waals surface area contributed by atoms with Gasteiger partial charge in [-0.05, 0) is 42.7 Å². The summed E-state index contributed by atoms with van der Waals surface area (Å²) in [5.74, 6) is -1.43. The van der Waals surface area contributed by atoms with E-state index in [9.17, 15) is 13.6 Å². The van der Waals surface area contributed by atoms with Gasteiger partial charge in [0, 0.05) is 36.5 Å². The number of aromatic nitrogens is 3. The van der Waals surface area contributed by atoms with Gasteiger partial charge in [0.2, 0.25) is 5.91 Å². The van der Waals surface area contributed by atoms with E-state index >= 15 is 0 Å². The van der Waals surface area contributed by atoms with Gasteiger partial charge < -0.3 is 0 Å². The maximum atomic E-state index is 13.4. The van der Waals surface area contributed by atoms with Gasteiger partial charge in [-0.3, -0.25) is 19.8 Å². The number of aromatic amines is 1. The Morgan fingerprint density at radius 2 is 1.92 bits per heavy atom. The van der Waals surface area contributed by atoms with E-state index in [-0.39, 0.29) is 11.8 Å². The monoisotopic (exact) mass is 354 g/mol. The summed E-state index contributed by atoms with van der Waals surface area (Å²) in [6, 6.07) is 9.29. The molecule has 5 nitrogen and oxygen atoms in total. The number of pyridine rings is 1. The zero-order valence-corrected chi connectivity index (χ0v) is 13.8. The van der Waals surface area contributed by atoms with Gasteiger partial charge in [0.25, 0.3) is 0 Å². The fourth-order valence-corrected chi connectivity index (χ4v) is 3.24. The maximum Gasteiger partial charge on any atom is 0.231 e. The second-order valence-electron chi connectivity index (χ2n) is 6.30. The van der Waals surface area contributed by atoms with Crippen LogP contribution in [0.1, 0.15) is 12.0 Å². The molecule has 1 aliphatic heterocycles. The predicted octanol–water partition coefficient (Wildman–Crippen LogP) is 3.35. The van der Waals surface area contributed by atoms with Gasteiger partial charge in [0.1, 0.15) is 5.82 Å². The Hall–Kier alpha value is -3.09. The largest absolute Gasteiger partial charge is 0.297 e. The van der Waals surface area contributed by atoms with Crippen LogP contribution in [-0.4, -0.2) is 27.6 Å². The molecular formula is C19H16F2N4O. The first-order chi connectivity index (χ1) is 12.6. The summed E-state index contributed by atoms with van der Waals surface area (Å²) in [6.07, 6.45) is 4.41. The molecule has 1 N–H and O–H groups in total. The highest BCUT2D eigenvalue weighted by Gasteiger charge is 2.33. The third-order valence-corrected chi connectivity index (χ3v) is 4.61. The van der Waals surface area contributed by atoms with Crippen molar-refractivity contribution in [2.45, 2.75) is 12.8 Å². The number of nitrogens with zero attached hydrogens (tertiary/aromatic N) is 3. The van der Waals surface area contributed by atoms with E-state index in [2.05, 4.69) is 15.2 Å². The predicted molar refractivity (Wildman–Crippen MR) is 92.3 cm³/mol. The lowest BCUT2D eigenvalue weighted by molar-refractivity contribution is -0.120.